The number of halogens is 4. The summed E-state index contributed by atoms with van der Waals surface area (Å²) in [6.45, 7) is 0.434. The van der Waals surface area contributed by atoms with E-state index in [-0.39, 0.29) is 6.04 Å². The van der Waals surface area contributed by atoms with Gasteiger partial charge < -0.3 is 4.84 Å². The highest BCUT2D eigenvalue weighted by atomic mass is 19.4. The average molecular weight is 235 g/mol. The van der Waals surface area contributed by atoms with Crippen LogP contribution >= 0.6 is 0 Å². The summed E-state index contributed by atoms with van der Waals surface area (Å²) in [4.78, 5) is 4.84. The van der Waals surface area contributed by atoms with Crippen LogP contribution in [0, 0.1) is 5.82 Å². The van der Waals surface area contributed by atoms with Gasteiger partial charge in [-0.05, 0) is 24.1 Å². The van der Waals surface area contributed by atoms with Crippen molar-refractivity contribution in [3.8, 4) is 0 Å². The SMILES string of the molecule is Fc1ccc(C2CCON2)cc1C(F)(F)F. The molecule has 0 amide bonds. The number of rotatable bonds is 1. The van der Waals surface area contributed by atoms with Gasteiger partial charge in [-0.15, -0.1) is 0 Å². The first kappa shape index (κ1) is 11.3. The molecule has 88 valence electrons. The lowest BCUT2D eigenvalue weighted by Gasteiger charge is -2.13. The number of hydroxylamine groups is 1. The molecular weight excluding hydrogens is 226 g/mol. The third kappa shape index (κ3) is 2.17. The van der Waals surface area contributed by atoms with Crippen LogP contribution in [0.5, 0.6) is 0 Å². The Bertz CT molecular complexity index is 385. The largest absolute Gasteiger partial charge is 0.419 e. The molecule has 1 fully saturated rings. The molecule has 1 saturated heterocycles. The highest BCUT2D eigenvalue weighted by molar-refractivity contribution is 5.29. The van der Waals surface area contributed by atoms with E-state index in [0.29, 0.717) is 18.6 Å². The number of benzene rings is 1. The first-order valence-corrected chi connectivity index (χ1v) is 4.72. The first-order valence-electron chi connectivity index (χ1n) is 4.72. The molecule has 1 aliphatic rings. The zero-order valence-electron chi connectivity index (χ0n) is 8.14. The molecule has 1 aliphatic heterocycles. The summed E-state index contributed by atoms with van der Waals surface area (Å²) in [6.07, 6.45) is -4.09. The normalized spacial score (nSPS) is 21.4. The molecule has 1 heterocycles. The van der Waals surface area contributed by atoms with Crippen LogP contribution in [0.3, 0.4) is 0 Å². The molecule has 1 aromatic carbocycles. The van der Waals surface area contributed by atoms with Crippen molar-refractivity contribution in [1.29, 1.82) is 0 Å². The number of hydrogen-bond donors (Lipinski definition) is 1. The molecule has 1 N–H and O–H groups in total. The molecule has 0 aromatic heterocycles. The zero-order chi connectivity index (χ0) is 11.8. The number of hydrogen-bond acceptors (Lipinski definition) is 2. The molecular formula is C10H9F4NO. The lowest BCUT2D eigenvalue weighted by molar-refractivity contribution is -0.140. The van der Waals surface area contributed by atoms with Gasteiger partial charge in [-0.1, -0.05) is 6.07 Å². The monoisotopic (exact) mass is 235 g/mol. The topological polar surface area (TPSA) is 21.3 Å². The molecule has 0 aliphatic carbocycles. The fraction of sp³-hybridized carbons (Fsp3) is 0.400. The van der Waals surface area contributed by atoms with Gasteiger partial charge in [-0.2, -0.15) is 18.7 Å². The second kappa shape index (κ2) is 4.03. The molecule has 1 unspecified atom stereocenters. The quantitative estimate of drug-likeness (QED) is 0.756. The van der Waals surface area contributed by atoms with Crippen molar-refractivity contribution in [3.05, 3.63) is 35.1 Å². The third-order valence-corrected chi connectivity index (χ3v) is 2.43. The van der Waals surface area contributed by atoms with Gasteiger partial charge in [0.25, 0.3) is 0 Å². The Labute approximate surface area is 89.2 Å². The van der Waals surface area contributed by atoms with Crippen LogP contribution in [-0.4, -0.2) is 6.61 Å². The number of nitrogens with one attached hydrogen (secondary N) is 1. The van der Waals surface area contributed by atoms with Crippen molar-refractivity contribution in [2.24, 2.45) is 0 Å². The van der Waals surface area contributed by atoms with E-state index >= 15 is 0 Å². The Balaban J connectivity index is 2.35. The lowest BCUT2D eigenvalue weighted by Crippen LogP contribution is -2.14. The van der Waals surface area contributed by atoms with Crippen molar-refractivity contribution in [2.75, 3.05) is 6.61 Å². The van der Waals surface area contributed by atoms with Gasteiger partial charge in [0.15, 0.2) is 0 Å². The third-order valence-electron chi connectivity index (χ3n) is 2.43. The van der Waals surface area contributed by atoms with Crippen molar-refractivity contribution in [3.63, 3.8) is 0 Å². The van der Waals surface area contributed by atoms with E-state index in [1.54, 1.807) is 0 Å². The minimum absolute atomic E-state index is 0.304. The maximum absolute atomic E-state index is 13.0. The predicted octanol–water partition coefficient (Wildman–Crippen LogP) is 2.81. The first-order chi connectivity index (χ1) is 7.48. The summed E-state index contributed by atoms with van der Waals surface area (Å²) in [5.74, 6) is -1.25. The van der Waals surface area contributed by atoms with E-state index in [1.165, 1.54) is 6.07 Å². The summed E-state index contributed by atoms with van der Waals surface area (Å²) in [5.41, 5.74) is 1.72. The Hall–Kier alpha value is -1.14. The van der Waals surface area contributed by atoms with Gasteiger partial charge in [0.05, 0.1) is 18.2 Å². The van der Waals surface area contributed by atoms with Gasteiger partial charge in [0.2, 0.25) is 0 Å². The standard InChI is InChI=1S/C10H9F4NO/c11-8-2-1-6(9-3-4-16-15-9)5-7(8)10(12,13)14/h1-2,5,9,15H,3-4H2. The van der Waals surface area contributed by atoms with Crippen molar-refractivity contribution < 1.29 is 22.4 Å². The van der Waals surface area contributed by atoms with Crippen LogP contribution < -0.4 is 5.48 Å². The van der Waals surface area contributed by atoms with Gasteiger partial charge >= 0.3 is 6.18 Å². The minimum Gasteiger partial charge on any atom is -0.301 e. The van der Waals surface area contributed by atoms with E-state index < -0.39 is 17.6 Å². The van der Waals surface area contributed by atoms with Crippen LogP contribution in [0.2, 0.25) is 0 Å². The summed E-state index contributed by atoms with van der Waals surface area (Å²) < 4.78 is 50.3. The molecule has 0 radical (unpaired) electrons. The Morgan fingerprint density at radius 1 is 1.31 bits per heavy atom. The van der Waals surface area contributed by atoms with Crippen molar-refractivity contribution >= 4 is 0 Å². The Kier molecular flexibility index (Phi) is 2.86. The maximum Gasteiger partial charge on any atom is 0.419 e. The predicted molar refractivity (Wildman–Crippen MR) is 47.8 cm³/mol. The van der Waals surface area contributed by atoms with E-state index in [4.69, 9.17) is 4.84 Å². The Morgan fingerprint density at radius 2 is 2.06 bits per heavy atom. The highest BCUT2D eigenvalue weighted by Gasteiger charge is 2.35. The van der Waals surface area contributed by atoms with E-state index in [2.05, 4.69) is 5.48 Å². The average Bonchev–Trinajstić information content (AvgIpc) is 2.69. The highest BCUT2D eigenvalue weighted by Crippen LogP contribution is 2.33. The molecule has 0 spiro atoms. The van der Waals surface area contributed by atoms with Gasteiger partial charge in [-0.25, -0.2) is 4.39 Å². The van der Waals surface area contributed by atoms with E-state index in [9.17, 15) is 17.6 Å². The lowest BCUT2D eigenvalue weighted by atomic mass is 10.0. The van der Waals surface area contributed by atoms with Crippen molar-refractivity contribution in [1.82, 2.24) is 5.48 Å². The molecule has 6 heteroatoms. The van der Waals surface area contributed by atoms with E-state index in [0.717, 1.165) is 12.1 Å². The van der Waals surface area contributed by atoms with Crippen LogP contribution in [0.1, 0.15) is 23.6 Å². The summed E-state index contributed by atoms with van der Waals surface area (Å²) in [5, 5.41) is 0. The van der Waals surface area contributed by atoms with E-state index in [1.807, 2.05) is 0 Å². The molecule has 2 rings (SSSR count). The van der Waals surface area contributed by atoms with Gasteiger partial charge in [0, 0.05) is 0 Å². The smallest absolute Gasteiger partial charge is 0.301 e. The molecule has 1 aromatic rings. The van der Waals surface area contributed by atoms with Gasteiger partial charge in [-0.3, -0.25) is 0 Å². The molecule has 0 saturated carbocycles. The summed E-state index contributed by atoms with van der Waals surface area (Å²) in [6, 6.07) is 2.68. The maximum atomic E-state index is 13.0. The molecule has 0 bridgehead atoms. The molecule has 16 heavy (non-hydrogen) atoms. The second-order valence-corrected chi connectivity index (χ2v) is 3.54. The summed E-state index contributed by atoms with van der Waals surface area (Å²) in [7, 11) is 0. The summed E-state index contributed by atoms with van der Waals surface area (Å²) >= 11 is 0. The number of alkyl halides is 3. The van der Waals surface area contributed by atoms with Crippen LogP contribution in [-0.2, 0) is 11.0 Å². The zero-order valence-corrected chi connectivity index (χ0v) is 8.14. The van der Waals surface area contributed by atoms with Crippen LogP contribution in [0.25, 0.3) is 0 Å². The fourth-order valence-electron chi connectivity index (χ4n) is 1.61. The van der Waals surface area contributed by atoms with Crippen LogP contribution in [0.4, 0.5) is 17.6 Å². The van der Waals surface area contributed by atoms with Crippen molar-refractivity contribution in [2.45, 2.75) is 18.6 Å². The van der Waals surface area contributed by atoms with Gasteiger partial charge in [0.1, 0.15) is 5.82 Å². The second-order valence-electron chi connectivity index (χ2n) is 3.54. The molecule has 2 nitrogen and oxygen atoms in total. The Morgan fingerprint density at radius 3 is 2.62 bits per heavy atom. The fourth-order valence-corrected chi connectivity index (χ4v) is 1.61. The minimum atomic E-state index is -4.67. The molecule has 1 atom stereocenters. The van der Waals surface area contributed by atoms with Crippen LogP contribution in [0.15, 0.2) is 18.2 Å².